The molecule has 0 radical (unpaired) electrons. The smallest absolute Gasteiger partial charge is 0.339 e. The van der Waals surface area contributed by atoms with E-state index in [0.29, 0.717) is 48.0 Å². The number of piperazine rings is 1. The third kappa shape index (κ3) is 4.97. The van der Waals surface area contributed by atoms with Crippen molar-refractivity contribution in [1.29, 1.82) is 0 Å². The lowest BCUT2D eigenvalue weighted by Crippen LogP contribution is -2.53. The van der Waals surface area contributed by atoms with Crippen LogP contribution in [-0.2, 0) is 14.8 Å². The number of aromatic nitrogens is 1. The standard InChI is InChI=1S/C23H31N3O6S/c1-6-32-18-7-9-19(10-8-18)33(29,30)26-13-11-25(12-14-26)17(4)22(27)21-15(2)20(16(3)24-21)23(28)31-5/h7-10,17,24H,6,11-14H2,1-5H3. The second-order valence-corrected chi connectivity index (χ2v) is 9.94. The van der Waals surface area contributed by atoms with Gasteiger partial charge in [-0.1, -0.05) is 0 Å². The number of carbonyl (C=O) groups excluding carboxylic acids is 2. The lowest BCUT2D eigenvalue weighted by atomic mass is 10.0. The number of aryl methyl sites for hydroxylation is 1. The number of Topliss-reactive ketones (excluding diaryl/α,β-unsaturated/α-hetero) is 1. The summed E-state index contributed by atoms with van der Waals surface area (Å²) in [4.78, 5) is 30.4. The van der Waals surface area contributed by atoms with Gasteiger partial charge in [0.1, 0.15) is 5.75 Å². The summed E-state index contributed by atoms with van der Waals surface area (Å²) in [6.45, 7) is 9.03. The molecule has 1 aliphatic rings. The topological polar surface area (TPSA) is 109 Å². The fraction of sp³-hybridized carbons (Fsp3) is 0.478. The second kappa shape index (κ2) is 10.1. The van der Waals surface area contributed by atoms with Gasteiger partial charge in [-0.05, 0) is 57.5 Å². The van der Waals surface area contributed by atoms with Crippen LogP contribution in [0.3, 0.4) is 0 Å². The maximum atomic E-state index is 13.2. The Kier molecular flexibility index (Phi) is 7.61. The van der Waals surface area contributed by atoms with Crippen LogP contribution in [0, 0.1) is 13.8 Å². The number of sulfonamides is 1. The van der Waals surface area contributed by atoms with Crippen molar-refractivity contribution >= 4 is 21.8 Å². The van der Waals surface area contributed by atoms with Gasteiger partial charge in [0.05, 0.1) is 35.9 Å². The summed E-state index contributed by atoms with van der Waals surface area (Å²) < 4.78 is 37.7. The van der Waals surface area contributed by atoms with E-state index in [2.05, 4.69) is 4.98 Å². The quantitative estimate of drug-likeness (QED) is 0.459. The van der Waals surface area contributed by atoms with E-state index in [1.54, 1.807) is 45.0 Å². The van der Waals surface area contributed by atoms with E-state index in [1.165, 1.54) is 11.4 Å². The molecule has 0 amide bonds. The van der Waals surface area contributed by atoms with E-state index in [0.717, 1.165) is 0 Å². The Balaban J connectivity index is 1.68. The normalized spacial score (nSPS) is 16.4. The number of hydrogen-bond acceptors (Lipinski definition) is 7. The zero-order valence-corrected chi connectivity index (χ0v) is 20.5. The Labute approximate surface area is 194 Å². The second-order valence-electron chi connectivity index (χ2n) is 8.00. The van der Waals surface area contributed by atoms with Gasteiger partial charge in [0.15, 0.2) is 5.78 Å². The molecule has 33 heavy (non-hydrogen) atoms. The van der Waals surface area contributed by atoms with Gasteiger partial charge >= 0.3 is 5.97 Å². The molecule has 2 heterocycles. The Hall–Kier alpha value is -2.69. The zero-order chi connectivity index (χ0) is 24.3. The Morgan fingerprint density at radius 3 is 2.24 bits per heavy atom. The molecule has 1 N–H and O–H groups in total. The Morgan fingerprint density at radius 1 is 1.09 bits per heavy atom. The third-order valence-electron chi connectivity index (χ3n) is 6.05. The fourth-order valence-corrected chi connectivity index (χ4v) is 5.56. The minimum atomic E-state index is -3.63. The number of nitrogens with one attached hydrogen (secondary N) is 1. The van der Waals surface area contributed by atoms with Crippen molar-refractivity contribution in [3.05, 3.63) is 46.8 Å². The highest BCUT2D eigenvalue weighted by atomic mass is 32.2. The number of esters is 1. The van der Waals surface area contributed by atoms with Crippen LogP contribution in [0.25, 0.3) is 0 Å². The van der Waals surface area contributed by atoms with Gasteiger partial charge in [0.25, 0.3) is 0 Å². The number of rotatable bonds is 8. The number of hydrogen-bond donors (Lipinski definition) is 1. The van der Waals surface area contributed by atoms with Crippen molar-refractivity contribution < 1.29 is 27.5 Å². The average Bonchev–Trinajstić information content (AvgIpc) is 3.12. The van der Waals surface area contributed by atoms with E-state index in [1.807, 2.05) is 11.8 Å². The van der Waals surface area contributed by atoms with Gasteiger partial charge in [-0.3, -0.25) is 9.69 Å². The number of aromatic amines is 1. The molecule has 0 spiro atoms. The zero-order valence-electron chi connectivity index (χ0n) is 19.7. The van der Waals surface area contributed by atoms with Crippen molar-refractivity contribution in [2.24, 2.45) is 0 Å². The van der Waals surface area contributed by atoms with Crippen molar-refractivity contribution in [3.8, 4) is 5.75 Å². The minimum absolute atomic E-state index is 0.145. The summed E-state index contributed by atoms with van der Waals surface area (Å²) in [7, 11) is -2.32. The molecule has 1 fully saturated rings. The van der Waals surface area contributed by atoms with E-state index >= 15 is 0 Å². The van der Waals surface area contributed by atoms with Crippen LogP contribution >= 0.6 is 0 Å². The number of benzene rings is 1. The first-order valence-corrected chi connectivity index (χ1v) is 12.3. The highest BCUT2D eigenvalue weighted by Gasteiger charge is 2.33. The van der Waals surface area contributed by atoms with Crippen molar-refractivity contribution in [1.82, 2.24) is 14.2 Å². The van der Waals surface area contributed by atoms with E-state index in [9.17, 15) is 18.0 Å². The molecular formula is C23H31N3O6S. The molecule has 9 nitrogen and oxygen atoms in total. The van der Waals surface area contributed by atoms with Crippen LogP contribution in [-0.4, -0.2) is 80.3 Å². The van der Waals surface area contributed by atoms with E-state index < -0.39 is 22.0 Å². The molecule has 3 rings (SSSR count). The van der Waals surface area contributed by atoms with E-state index in [-0.39, 0.29) is 23.8 Å². The molecule has 1 aromatic carbocycles. The van der Waals surface area contributed by atoms with Crippen LogP contribution in [0.4, 0.5) is 0 Å². The van der Waals surface area contributed by atoms with Gasteiger partial charge in [0.2, 0.25) is 10.0 Å². The van der Waals surface area contributed by atoms with Crippen molar-refractivity contribution in [2.75, 3.05) is 39.9 Å². The number of H-pyrrole nitrogens is 1. The molecule has 10 heteroatoms. The first-order valence-electron chi connectivity index (χ1n) is 10.9. The highest BCUT2D eigenvalue weighted by Crippen LogP contribution is 2.24. The Bertz CT molecular complexity index is 1120. The summed E-state index contributed by atoms with van der Waals surface area (Å²) in [6.07, 6.45) is 0. The molecule has 1 aromatic heterocycles. The minimum Gasteiger partial charge on any atom is -0.494 e. The Morgan fingerprint density at radius 2 is 1.70 bits per heavy atom. The lowest BCUT2D eigenvalue weighted by molar-refractivity contribution is 0.0599. The summed E-state index contributed by atoms with van der Waals surface area (Å²) in [6, 6.07) is 5.93. The summed E-state index contributed by atoms with van der Waals surface area (Å²) in [5, 5.41) is 0. The monoisotopic (exact) mass is 477 g/mol. The van der Waals surface area contributed by atoms with Crippen LogP contribution in [0.5, 0.6) is 5.75 Å². The maximum Gasteiger partial charge on any atom is 0.339 e. The summed E-state index contributed by atoms with van der Waals surface area (Å²) in [5.41, 5.74) is 1.90. The molecule has 1 atom stereocenters. The van der Waals surface area contributed by atoms with Gasteiger partial charge in [0, 0.05) is 31.9 Å². The van der Waals surface area contributed by atoms with Gasteiger partial charge in [-0.15, -0.1) is 0 Å². The average molecular weight is 478 g/mol. The summed E-state index contributed by atoms with van der Waals surface area (Å²) >= 11 is 0. The predicted molar refractivity (Wildman–Crippen MR) is 123 cm³/mol. The van der Waals surface area contributed by atoms with E-state index in [4.69, 9.17) is 9.47 Å². The van der Waals surface area contributed by atoms with Crippen molar-refractivity contribution in [3.63, 3.8) is 0 Å². The molecule has 2 aromatic rings. The number of nitrogens with zero attached hydrogens (tertiary/aromatic N) is 2. The first-order chi connectivity index (χ1) is 15.6. The van der Waals surface area contributed by atoms with Crippen LogP contribution in [0.15, 0.2) is 29.2 Å². The van der Waals surface area contributed by atoms with Crippen molar-refractivity contribution in [2.45, 2.75) is 38.6 Å². The van der Waals surface area contributed by atoms with Gasteiger partial charge in [-0.2, -0.15) is 4.31 Å². The molecule has 1 unspecified atom stereocenters. The third-order valence-corrected chi connectivity index (χ3v) is 7.96. The number of ether oxygens (including phenoxy) is 2. The van der Waals surface area contributed by atoms with Crippen LogP contribution < -0.4 is 4.74 Å². The highest BCUT2D eigenvalue weighted by molar-refractivity contribution is 7.89. The maximum absolute atomic E-state index is 13.2. The van der Waals surface area contributed by atoms with Crippen LogP contribution in [0.2, 0.25) is 0 Å². The fourth-order valence-electron chi connectivity index (χ4n) is 4.13. The molecule has 1 aliphatic heterocycles. The lowest BCUT2D eigenvalue weighted by Gasteiger charge is -2.36. The molecule has 1 saturated heterocycles. The number of carbonyl (C=O) groups is 2. The predicted octanol–water partition coefficient (Wildman–Crippen LogP) is 2.39. The van der Waals surface area contributed by atoms with Gasteiger partial charge < -0.3 is 14.5 Å². The van der Waals surface area contributed by atoms with Crippen LogP contribution in [0.1, 0.15) is 46.0 Å². The number of methoxy groups -OCH3 is 1. The SMILES string of the molecule is CCOc1ccc(S(=O)(=O)N2CCN(C(C)C(=O)c3[nH]c(C)c(C(=O)OC)c3C)CC2)cc1. The first kappa shape index (κ1) is 24.9. The molecule has 0 saturated carbocycles. The molecule has 0 aliphatic carbocycles. The molecular weight excluding hydrogens is 446 g/mol. The largest absolute Gasteiger partial charge is 0.494 e. The molecule has 0 bridgehead atoms. The summed E-state index contributed by atoms with van der Waals surface area (Å²) in [5.74, 6) is -0.00607. The number of ketones is 1. The van der Waals surface area contributed by atoms with Gasteiger partial charge in [-0.25, -0.2) is 13.2 Å². The molecule has 180 valence electrons.